The Morgan fingerprint density at radius 1 is 1.39 bits per heavy atom. The maximum atomic E-state index is 12.0. The molecule has 0 bridgehead atoms. The van der Waals surface area contributed by atoms with Gasteiger partial charge in [-0.1, -0.05) is 0 Å². The Bertz CT molecular complexity index is 522. The molecular formula is C11H7F3O4. The first-order valence-electron chi connectivity index (χ1n) is 4.93. The highest BCUT2D eigenvalue weighted by Crippen LogP contribution is 2.36. The normalized spacial score (nSPS) is 18.6. The summed E-state index contributed by atoms with van der Waals surface area (Å²) in [6.07, 6.45) is -5.09. The summed E-state index contributed by atoms with van der Waals surface area (Å²) in [5.74, 6) is -3.27. The van der Waals surface area contributed by atoms with E-state index in [4.69, 9.17) is 5.11 Å². The number of hydrogen-bond acceptors (Lipinski definition) is 3. The first-order chi connectivity index (χ1) is 8.28. The number of halogens is 3. The van der Waals surface area contributed by atoms with Crippen molar-refractivity contribution in [3.63, 3.8) is 0 Å². The minimum absolute atomic E-state index is 0.0641. The van der Waals surface area contributed by atoms with Gasteiger partial charge >= 0.3 is 12.3 Å². The monoisotopic (exact) mass is 260 g/mol. The number of ether oxygens (including phenoxy) is 1. The Kier molecular flexibility index (Phi) is 2.76. The molecule has 1 aliphatic carbocycles. The molecule has 0 radical (unpaired) electrons. The summed E-state index contributed by atoms with van der Waals surface area (Å²) in [4.78, 5) is 22.3. The fourth-order valence-corrected chi connectivity index (χ4v) is 1.91. The number of alkyl halides is 3. The molecular weight excluding hydrogens is 253 g/mol. The van der Waals surface area contributed by atoms with Crippen molar-refractivity contribution in [3.05, 3.63) is 29.3 Å². The molecule has 4 nitrogen and oxygen atoms in total. The number of carbonyl (C=O) groups excluding carboxylic acids is 1. The quantitative estimate of drug-likeness (QED) is 0.886. The van der Waals surface area contributed by atoms with Crippen LogP contribution in [-0.4, -0.2) is 23.2 Å². The largest absolute Gasteiger partial charge is 0.573 e. The average Bonchev–Trinajstić information content (AvgIpc) is 2.53. The fourth-order valence-electron chi connectivity index (χ4n) is 1.91. The molecule has 0 amide bonds. The number of carboxylic acids is 1. The first kappa shape index (κ1) is 12.4. The van der Waals surface area contributed by atoms with E-state index in [9.17, 15) is 22.8 Å². The molecule has 0 fully saturated rings. The molecule has 0 heterocycles. The second kappa shape index (κ2) is 4.01. The van der Waals surface area contributed by atoms with Crippen molar-refractivity contribution in [1.29, 1.82) is 0 Å². The molecule has 1 atom stereocenters. The predicted molar refractivity (Wildman–Crippen MR) is 52.4 cm³/mol. The zero-order valence-corrected chi connectivity index (χ0v) is 8.82. The van der Waals surface area contributed by atoms with Crippen LogP contribution in [0.25, 0.3) is 0 Å². The summed E-state index contributed by atoms with van der Waals surface area (Å²) < 4.78 is 39.7. The number of Topliss-reactive ketones (excluding diaryl/α,β-unsaturated/α-hetero) is 1. The van der Waals surface area contributed by atoms with E-state index in [1.54, 1.807) is 0 Å². The van der Waals surface area contributed by atoms with E-state index >= 15 is 0 Å². The summed E-state index contributed by atoms with van der Waals surface area (Å²) in [5, 5.41) is 8.89. The molecule has 0 aromatic heterocycles. The smallest absolute Gasteiger partial charge is 0.481 e. The summed E-state index contributed by atoms with van der Waals surface area (Å²) >= 11 is 0. The number of rotatable bonds is 2. The second-order valence-corrected chi connectivity index (χ2v) is 3.81. The van der Waals surface area contributed by atoms with E-state index in [0.29, 0.717) is 0 Å². The van der Waals surface area contributed by atoms with Gasteiger partial charge < -0.3 is 9.84 Å². The molecule has 0 saturated carbocycles. The molecule has 2 rings (SSSR count). The average molecular weight is 260 g/mol. The molecule has 0 spiro atoms. The lowest BCUT2D eigenvalue weighted by Gasteiger charge is -2.11. The van der Waals surface area contributed by atoms with Crippen LogP contribution in [-0.2, 0) is 4.79 Å². The number of aliphatic carboxylic acids is 1. The Morgan fingerprint density at radius 3 is 2.61 bits per heavy atom. The number of ketones is 1. The molecule has 18 heavy (non-hydrogen) atoms. The van der Waals surface area contributed by atoms with Gasteiger partial charge in [0.05, 0.1) is 5.92 Å². The van der Waals surface area contributed by atoms with Crippen molar-refractivity contribution < 1.29 is 32.6 Å². The van der Waals surface area contributed by atoms with Crippen LogP contribution < -0.4 is 4.74 Å². The minimum atomic E-state index is -4.85. The van der Waals surface area contributed by atoms with Crippen molar-refractivity contribution in [3.8, 4) is 5.75 Å². The molecule has 96 valence electrons. The van der Waals surface area contributed by atoms with E-state index < -0.39 is 29.8 Å². The Balaban J connectivity index is 2.39. The van der Waals surface area contributed by atoms with Crippen LogP contribution in [0.15, 0.2) is 18.2 Å². The first-order valence-corrected chi connectivity index (χ1v) is 4.93. The highest BCUT2D eigenvalue weighted by Gasteiger charge is 2.36. The molecule has 0 saturated heterocycles. The minimum Gasteiger partial charge on any atom is -0.481 e. The molecule has 1 N–H and O–H groups in total. The summed E-state index contributed by atoms with van der Waals surface area (Å²) in [6.45, 7) is 0. The van der Waals surface area contributed by atoms with E-state index in [2.05, 4.69) is 4.74 Å². The zero-order chi connectivity index (χ0) is 13.5. The van der Waals surface area contributed by atoms with Crippen molar-refractivity contribution in [2.75, 3.05) is 0 Å². The third-order valence-electron chi connectivity index (χ3n) is 2.62. The van der Waals surface area contributed by atoms with Crippen LogP contribution in [0.5, 0.6) is 5.75 Å². The van der Waals surface area contributed by atoms with E-state index in [-0.39, 0.29) is 17.5 Å². The predicted octanol–water partition coefficient (Wildman–Crippen LogP) is 2.34. The standard InChI is InChI=1S/C11H7F3O4/c12-11(13,14)18-5-1-2-6-7(3-5)8(10(16)17)4-9(6)15/h1-3,8H,4H2,(H,16,17). The maximum absolute atomic E-state index is 12.0. The van der Waals surface area contributed by atoms with Gasteiger partial charge in [0.15, 0.2) is 5.78 Å². The number of carboxylic acid groups (broad SMARTS) is 1. The van der Waals surface area contributed by atoms with Crippen molar-refractivity contribution in [1.82, 2.24) is 0 Å². The van der Waals surface area contributed by atoms with Gasteiger partial charge in [-0.15, -0.1) is 13.2 Å². The lowest BCUT2D eigenvalue weighted by atomic mass is 10.0. The van der Waals surface area contributed by atoms with Gasteiger partial charge in [-0.3, -0.25) is 9.59 Å². The summed E-state index contributed by atoms with van der Waals surface area (Å²) in [5.41, 5.74) is 0.200. The lowest BCUT2D eigenvalue weighted by Crippen LogP contribution is -2.17. The van der Waals surface area contributed by atoms with Crippen LogP contribution in [0, 0.1) is 0 Å². The number of hydrogen-bond donors (Lipinski definition) is 1. The molecule has 1 aliphatic rings. The van der Waals surface area contributed by atoms with Gasteiger partial charge in [-0.25, -0.2) is 0 Å². The molecule has 1 unspecified atom stereocenters. The van der Waals surface area contributed by atoms with Crippen LogP contribution in [0.4, 0.5) is 13.2 Å². The van der Waals surface area contributed by atoms with E-state index in [1.165, 1.54) is 0 Å². The topological polar surface area (TPSA) is 63.6 Å². The lowest BCUT2D eigenvalue weighted by molar-refractivity contribution is -0.274. The van der Waals surface area contributed by atoms with E-state index in [0.717, 1.165) is 18.2 Å². The molecule has 1 aromatic carbocycles. The SMILES string of the molecule is O=C1CC(C(=O)O)c2cc(OC(F)(F)F)ccc21. The molecule has 1 aromatic rings. The third-order valence-corrected chi connectivity index (χ3v) is 2.62. The van der Waals surface area contributed by atoms with Crippen LogP contribution in [0.1, 0.15) is 28.3 Å². The van der Waals surface area contributed by atoms with Gasteiger partial charge in [-0.2, -0.15) is 0 Å². The van der Waals surface area contributed by atoms with Crippen molar-refractivity contribution in [2.45, 2.75) is 18.7 Å². The number of fused-ring (bicyclic) bond motifs is 1. The number of carbonyl (C=O) groups is 2. The Labute approximate surface area is 99.0 Å². The van der Waals surface area contributed by atoms with Gasteiger partial charge in [0.25, 0.3) is 0 Å². The highest BCUT2D eigenvalue weighted by molar-refractivity contribution is 6.05. The Hall–Kier alpha value is -2.05. The molecule has 0 aliphatic heterocycles. The van der Waals surface area contributed by atoms with Gasteiger partial charge in [0.1, 0.15) is 5.75 Å². The van der Waals surface area contributed by atoms with Crippen molar-refractivity contribution in [2.24, 2.45) is 0 Å². The van der Waals surface area contributed by atoms with Gasteiger partial charge in [0.2, 0.25) is 0 Å². The summed E-state index contributed by atoms with van der Waals surface area (Å²) in [7, 11) is 0. The number of benzene rings is 1. The van der Waals surface area contributed by atoms with Crippen LogP contribution in [0.3, 0.4) is 0 Å². The van der Waals surface area contributed by atoms with E-state index in [1.807, 2.05) is 0 Å². The molecule has 7 heteroatoms. The highest BCUT2D eigenvalue weighted by atomic mass is 19.4. The van der Waals surface area contributed by atoms with Crippen LogP contribution >= 0.6 is 0 Å². The fraction of sp³-hybridized carbons (Fsp3) is 0.273. The summed E-state index contributed by atoms with van der Waals surface area (Å²) in [6, 6.07) is 3.10. The van der Waals surface area contributed by atoms with Crippen LogP contribution in [0.2, 0.25) is 0 Å². The zero-order valence-electron chi connectivity index (χ0n) is 8.82. The van der Waals surface area contributed by atoms with Gasteiger partial charge in [-0.05, 0) is 23.8 Å². The van der Waals surface area contributed by atoms with Gasteiger partial charge in [0, 0.05) is 12.0 Å². The van der Waals surface area contributed by atoms with Crippen molar-refractivity contribution >= 4 is 11.8 Å². The maximum Gasteiger partial charge on any atom is 0.573 e. The third kappa shape index (κ3) is 2.29. The Morgan fingerprint density at radius 2 is 2.06 bits per heavy atom. The second-order valence-electron chi connectivity index (χ2n) is 3.81.